The summed E-state index contributed by atoms with van der Waals surface area (Å²) in [6, 6.07) is 10.1. The molecule has 0 spiro atoms. The van der Waals surface area contributed by atoms with Crippen LogP contribution in [0.5, 0.6) is 0 Å². The van der Waals surface area contributed by atoms with E-state index in [1.807, 2.05) is 30.3 Å². The summed E-state index contributed by atoms with van der Waals surface area (Å²) in [5.41, 5.74) is 0.980. The second-order valence-corrected chi connectivity index (χ2v) is 12.7. The SMILES string of the molecule is CC(C)CN(CSc1nc(Nc2ccccc2)nc(SCN(CC(C)C)CC(C)C)n1)CC(C)C. The molecular weight excluding hydrogens is 472 g/mol. The van der Waals surface area contributed by atoms with Crippen molar-refractivity contribution in [2.24, 2.45) is 23.7 Å². The fraction of sp³-hybridized carbons (Fsp3) is 0.667. The average Bonchev–Trinajstić information content (AvgIpc) is 2.75. The van der Waals surface area contributed by atoms with Gasteiger partial charge in [0.05, 0.1) is 11.8 Å². The minimum Gasteiger partial charge on any atom is -0.324 e. The molecule has 0 amide bonds. The lowest BCUT2D eigenvalue weighted by molar-refractivity contribution is 0.255. The number of thioether (sulfide) groups is 2. The summed E-state index contributed by atoms with van der Waals surface area (Å²) in [7, 11) is 0. The number of aromatic nitrogens is 3. The molecule has 0 saturated carbocycles. The maximum Gasteiger partial charge on any atom is 0.232 e. The molecule has 1 heterocycles. The van der Waals surface area contributed by atoms with Crippen molar-refractivity contribution in [2.75, 3.05) is 43.2 Å². The van der Waals surface area contributed by atoms with Gasteiger partial charge in [0.2, 0.25) is 5.95 Å². The predicted octanol–water partition coefficient (Wildman–Crippen LogP) is 6.94. The van der Waals surface area contributed by atoms with Crippen molar-refractivity contribution >= 4 is 35.2 Å². The summed E-state index contributed by atoms with van der Waals surface area (Å²) in [6.45, 7) is 22.5. The lowest BCUT2D eigenvalue weighted by atomic mass is 10.1. The van der Waals surface area contributed by atoms with Gasteiger partial charge in [-0.25, -0.2) is 0 Å². The van der Waals surface area contributed by atoms with Crippen molar-refractivity contribution < 1.29 is 0 Å². The quantitative estimate of drug-likeness (QED) is 0.189. The Morgan fingerprint density at radius 2 is 1.03 bits per heavy atom. The molecular formula is C27H46N6S2. The van der Waals surface area contributed by atoms with Crippen LogP contribution < -0.4 is 5.32 Å². The fourth-order valence-electron chi connectivity index (χ4n) is 3.90. The third kappa shape index (κ3) is 13.0. The second-order valence-electron chi connectivity index (χ2n) is 10.9. The van der Waals surface area contributed by atoms with E-state index < -0.39 is 0 Å². The smallest absolute Gasteiger partial charge is 0.232 e. The molecule has 0 fully saturated rings. The number of para-hydroxylation sites is 1. The summed E-state index contributed by atoms with van der Waals surface area (Å²) < 4.78 is 0. The van der Waals surface area contributed by atoms with Gasteiger partial charge in [0, 0.05) is 31.9 Å². The highest BCUT2D eigenvalue weighted by Gasteiger charge is 2.15. The molecule has 0 atom stereocenters. The van der Waals surface area contributed by atoms with Gasteiger partial charge in [0.25, 0.3) is 0 Å². The zero-order valence-electron chi connectivity index (χ0n) is 23.0. The van der Waals surface area contributed by atoms with E-state index in [0.717, 1.165) is 53.9 Å². The van der Waals surface area contributed by atoms with E-state index in [1.165, 1.54) is 0 Å². The molecule has 196 valence electrons. The zero-order valence-corrected chi connectivity index (χ0v) is 24.6. The lowest BCUT2D eigenvalue weighted by Gasteiger charge is -2.26. The molecule has 0 radical (unpaired) electrons. The molecule has 0 bridgehead atoms. The second kappa shape index (κ2) is 15.7. The first kappa shape index (κ1) is 29.9. The Hall–Kier alpha value is -1.35. The number of hydrogen-bond donors (Lipinski definition) is 1. The predicted molar refractivity (Wildman–Crippen MR) is 153 cm³/mol. The molecule has 1 aromatic heterocycles. The third-order valence-electron chi connectivity index (χ3n) is 4.87. The van der Waals surface area contributed by atoms with E-state index in [-0.39, 0.29) is 0 Å². The van der Waals surface area contributed by atoms with Crippen molar-refractivity contribution in [2.45, 2.75) is 65.7 Å². The Bertz CT molecular complexity index is 779. The highest BCUT2D eigenvalue weighted by atomic mass is 32.2. The zero-order chi connectivity index (χ0) is 25.8. The number of nitrogens with one attached hydrogen (secondary N) is 1. The van der Waals surface area contributed by atoms with Crippen LogP contribution in [0.25, 0.3) is 0 Å². The number of rotatable bonds is 16. The highest BCUT2D eigenvalue weighted by molar-refractivity contribution is 7.99. The highest BCUT2D eigenvalue weighted by Crippen LogP contribution is 2.24. The van der Waals surface area contributed by atoms with Crippen LogP contribution in [0.1, 0.15) is 55.4 Å². The molecule has 0 aliphatic rings. The third-order valence-corrected chi connectivity index (χ3v) is 6.74. The van der Waals surface area contributed by atoms with Crippen LogP contribution in [0.4, 0.5) is 11.6 Å². The minimum absolute atomic E-state index is 0.606. The van der Waals surface area contributed by atoms with E-state index in [4.69, 9.17) is 15.0 Å². The van der Waals surface area contributed by atoms with Crippen LogP contribution in [-0.2, 0) is 0 Å². The maximum absolute atomic E-state index is 4.85. The first-order valence-electron chi connectivity index (χ1n) is 12.9. The Morgan fingerprint density at radius 1 is 0.629 bits per heavy atom. The van der Waals surface area contributed by atoms with Gasteiger partial charge in [-0.1, -0.05) is 97.1 Å². The molecule has 0 aliphatic carbocycles. The molecule has 0 saturated heterocycles. The number of benzene rings is 1. The topological polar surface area (TPSA) is 57.2 Å². The van der Waals surface area contributed by atoms with Crippen LogP contribution in [-0.4, -0.2) is 62.7 Å². The monoisotopic (exact) mass is 518 g/mol. The van der Waals surface area contributed by atoms with Crippen LogP contribution in [0.2, 0.25) is 0 Å². The summed E-state index contributed by atoms with van der Waals surface area (Å²) in [5.74, 6) is 4.87. The van der Waals surface area contributed by atoms with Crippen LogP contribution in [0.15, 0.2) is 40.6 Å². The van der Waals surface area contributed by atoms with Crippen molar-refractivity contribution in [1.82, 2.24) is 24.8 Å². The summed E-state index contributed by atoms with van der Waals surface area (Å²) in [4.78, 5) is 19.4. The van der Waals surface area contributed by atoms with E-state index in [2.05, 4.69) is 70.5 Å². The molecule has 8 heteroatoms. The van der Waals surface area contributed by atoms with Gasteiger partial charge in [-0.2, -0.15) is 15.0 Å². The molecule has 1 aromatic carbocycles. The summed E-state index contributed by atoms with van der Waals surface area (Å²) >= 11 is 3.41. The summed E-state index contributed by atoms with van der Waals surface area (Å²) in [6.07, 6.45) is 0. The number of hydrogen-bond acceptors (Lipinski definition) is 8. The van der Waals surface area contributed by atoms with Gasteiger partial charge in [0.1, 0.15) is 0 Å². The largest absolute Gasteiger partial charge is 0.324 e. The Kier molecular flexibility index (Phi) is 13.4. The number of anilines is 2. The number of nitrogens with zero attached hydrogens (tertiary/aromatic N) is 5. The Morgan fingerprint density at radius 3 is 1.40 bits per heavy atom. The van der Waals surface area contributed by atoms with E-state index in [1.54, 1.807) is 23.5 Å². The van der Waals surface area contributed by atoms with Gasteiger partial charge in [0.15, 0.2) is 10.3 Å². The first-order chi connectivity index (χ1) is 16.6. The van der Waals surface area contributed by atoms with Gasteiger partial charge in [-0.05, 0) is 35.8 Å². The van der Waals surface area contributed by atoms with Gasteiger partial charge >= 0.3 is 0 Å². The Labute approximate surface area is 222 Å². The van der Waals surface area contributed by atoms with Crippen LogP contribution in [0.3, 0.4) is 0 Å². The molecule has 0 unspecified atom stereocenters. The van der Waals surface area contributed by atoms with Gasteiger partial charge in [-0.3, -0.25) is 9.80 Å². The summed E-state index contributed by atoms with van der Waals surface area (Å²) in [5, 5.41) is 4.92. The maximum atomic E-state index is 4.85. The van der Waals surface area contributed by atoms with E-state index >= 15 is 0 Å². The fourth-order valence-corrected chi connectivity index (χ4v) is 5.58. The normalized spacial score (nSPS) is 12.2. The van der Waals surface area contributed by atoms with Crippen molar-refractivity contribution in [3.05, 3.63) is 30.3 Å². The van der Waals surface area contributed by atoms with Crippen molar-refractivity contribution in [3.8, 4) is 0 Å². The van der Waals surface area contributed by atoms with Gasteiger partial charge in [-0.15, -0.1) is 0 Å². The van der Waals surface area contributed by atoms with Crippen LogP contribution >= 0.6 is 23.5 Å². The minimum atomic E-state index is 0.606. The van der Waals surface area contributed by atoms with Crippen molar-refractivity contribution in [1.29, 1.82) is 0 Å². The van der Waals surface area contributed by atoms with E-state index in [9.17, 15) is 0 Å². The molecule has 2 rings (SSSR count). The molecule has 0 aliphatic heterocycles. The molecule has 1 N–H and O–H groups in total. The Balaban J connectivity index is 2.19. The molecule has 35 heavy (non-hydrogen) atoms. The van der Waals surface area contributed by atoms with Crippen molar-refractivity contribution in [3.63, 3.8) is 0 Å². The lowest BCUT2D eigenvalue weighted by Crippen LogP contribution is -2.31. The average molecular weight is 519 g/mol. The van der Waals surface area contributed by atoms with Gasteiger partial charge < -0.3 is 5.32 Å². The molecule has 6 nitrogen and oxygen atoms in total. The van der Waals surface area contributed by atoms with Crippen LogP contribution in [0, 0.1) is 23.7 Å². The molecule has 2 aromatic rings. The first-order valence-corrected chi connectivity index (χ1v) is 14.9. The van der Waals surface area contributed by atoms with E-state index in [0.29, 0.717) is 29.6 Å². The standard InChI is InChI=1S/C27H46N6S2/c1-20(2)14-32(15-21(3)4)18-34-26-29-25(28-24-12-10-9-11-13-24)30-27(31-26)35-19-33(16-22(5)6)17-23(7)8/h9-13,20-23H,14-19H2,1-8H3,(H,28,29,30,31).